The second-order valence-electron chi connectivity index (χ2n) is 5.39. The highest BCUT2D eigenvalue weighted by Crippen LogP contribution is 2.47. The van der Waals surface area contributed by atoms with E-state index in [1.54, 1.807) is 0 Å². The predicted molar refractivity (Wildman–Crippen MR) is 73.2 cm³/mol. The lowest BCUT2D eigenvalue weighted by Gasteiger charge is -2.36. The van der Waals surface area contributed by atoms with E-state index < -0.39 is 43.9 Å². The number of β-lactam (4-membered cyclic amide) rings is 1. The largest absolute Gasteiger partial charge is 0.448 e. The normalized spacial score (nSPS) is 32.5. The van der Waals surface area contributed by atoms with Gasteiger partial charge in [-0.3, -0.25) is 9.48 Å². The second-order valence-corrected chi connectivity index (χ2v) is 8.18. The lowest BCUT2D eigenvalue weighted by Crippen LogP contribution is -2.58. The van der Waals surface area contributed by atoms with E-state index in [0.717, 1.165) is 4.90 Å². The molecule has 3 rings (SSSR count). The molecule has 11 heteroatoms. The minimum absolute atomic E-state index is 0.113. The van der Waals surface area contributed by atoms with Crippen LogP contribution in [-0.4, -0.2) is 62.4 Å². The van der Waals surface area contributed by atoms with Crippen LogP contribution in [0.4, 0.5) is 0 Å². The number of carbonyl (C=O) groups is 2. The van der Waals surface area contributed by atoms with E-state index in [2.05, 4.69) is 10.3 Å². The summed E-state index contributed by atoms with van der Waals surface area (Å²) in [6.45, 7) is 1.30. The Hall–Kier alpha value is -1.68. The summed E-state index contributed by atoms with van der Waals surface area (Å²) in [5, 5.41) is 6.36. The molecule has 1 aromatic rings. The van der Waals surface area contributed by atoms with Crippen molar-refractivity contribution in [2.45, 2.75) is 36.1 Å². The number of sulfone groups is 1. The van der Waals surface area contributed by atoms with E-state index in [-0.39, 0.29) is 13.0 Å². The third-order valence-electron chi connectivity index (χ3n) is 4.18. The molecule has 2 saturated heterocycles. The van der Waals surface area contributed by atoms with Gasteiger partial charge in [0.25, 0.3) is 0 Å². The predicted octanol–water partition coefficient (Wildman–Crippen LogP) is -0.868. The van der Waals surface area contributed by atoms with Crippen molar-refractivity contribution in [2.24, 2.45) is 0 Å². The molecule has 0 saturated carbocycles. The molecule has 0 radical (unpaired) electrons. The summed E-state index contributed by atoms with van der Waals surface area (Å²) in [5.74, 6) is -1.23. The van der Waals surface area contributed by atoms with Crippen molar-refractivity contribution < 1.29 is 22.7 Å². The van der Waals surface area contributed by atoms with Gasteiger partial charge in [-0.1, -0.05) is 16.8 Å². The Morgan fingerprint density at radius 2 is 2.32 bits per heavy atom. The van der Waals surface area contributed by atoms with Gasteiger partial charge < -0.3 is 9.64 Å². The molecule has 1 aromatic heterocycles. The third-order valence-corrected chi connectivity index (χ3v) is 7.05. The fourth-order valence-corrected chi connectivity index (χ4v) is 5.50. The van der Waals surface area contributed by atoms with Crippen LogP contribution < -0.4 is 0 Å². The molecule has 22 heavy (non-hydrogen) atoms. The van der Waals surface area contributed by atoms with Gasteiger partial charge in [0.15, 0.2) is 21.9 Å². The Bertz CT molecular complexity index is 721. The molecular weight excluding hydrogens is 336 g/mol. The average molecular weight is 349 g/mol. The van der Waals surface area contributed by atoms with Crippen molar-refractivity contribution in [1.82, 2.24) is 19.9 Å². The maximum Gasteiger partial charge on any atom is 0.331 e. The van der Waals surface area contributed by atoms with Crippen LogP contribution in [0.25, 0.3) is 0 Å². The van der Waals surface area contributed by atoms with Crippen LogP contribution >= 0.6 is 11.6 Å². The number of esters is 1. The zero-order valence-corrected chi connectivity index (χ0v) is 13.1. The van der Waals surface area contributed by atoms with Crippen molar-refractivity contribution >= 4 is 33.3 Å². The summed E-state index contributed by atoms with van der Waals surface area (Å²) in [4.78, 5) is 25.1. The van der Waals surface area contributed by atoms with Gasteiger partial charge in [0, 0.05) is 6.20 Å². The SMILES string of the molecule is C[C@]1(Cn2ccnn2)[C@H](C(=O)OCCl)N2C(=O)C[C@H]2S1(=O)=O. The summed E-state index contributed by atoms with van der Waals surface area (Å²) in [7, 11) is -3.78. The number of hydrogen-bond donors (Lipinski definition) is 0. The zero-order valence-electron chi connectivity index (χ0n) is 11.5. The maximum absolute atomic E-state index is 12.8. The Morgan fingerprint density at radius 3 is 2.86 bits per heavy atom. The van der Waals surface area contributed by atoms with E-state index in [1.165, 1.54) is 24.0 Å². The van der Waals surface area contributed by atoms with Crippen LogP contribution in [0, 0.1) is 0 Å². The molecule has 120 valence electrons. The molecule has 2 fully saturated rings. The van der Waals surface area contributed by atoms with E-state index in [4.69, 9.17) is 16.3 Å². The highest BCUT2D eigenvalue weighted by Gasteiger charge is 2.70. The van der Waals surface area contributed by atoms with Crippen molar-refractivity contribution in [2.75, 3.05) is 6.07 Å². The van der Waals surface area contributed by atoms with Gasteiger partial charge in [0.2, 0.25) is 5.91 Å². The molecule has 2 aliphatic rings. The first kappa shape index (κ1) is 15.2. The molecule has 3 heterocycles. The van der Waals surface area contributed by atoms with E-state index >= 15 is 0 Å². The molecule has 0 bridgehead atoms. The van der Waals surface area contributed by atoms with Gasteiger partial charge in [-0.15, -0.1) is 5.10 Å². The molecule has 0 unspecified atom stereocenters. The number of nitrogens with zero attached hydrogens (tertiary/aromatic N) is 4. The average Bonchev–Trinajstić information content (AvgIpc) is 2.97. The Kier molecular flexibility index (Phi) is 3.40. The number of amides is 1. The fraction of sp³-hybridized carbons (Fsp3) is 0.636. The quantitative estimate of drug-likeness (QED) is 0.395. The van der Waals surface area contributed by atoms with E-state index in [0.29, 0.717) is 0 Å². The molecule has 9 nitrogen and oxygen atoms in total. The van der Waals surface area contributed by atoms with Gasteiger partial charge in [-0.2, -0.15) is 0 Å². The number of aromatic nitrogens is 3. The smallest absolute Gasteiger partial charge is 0.331 e. The fourth-order valence-electron chi connectivity index (χ4n) is 3.04. The monoisotopic (exact) mass is 348 g/mol. The minimum Gasteiger partial charge on any atom is -0.448 e. The van der Waals surface area contributed by atoms with Crippen LogP contribution in [-0.2, 0) is 30.7 Å². The lowest BCUT2D eigenvalue weighted by atomic mass is 9.96. The van der Waals surface area contributed by atoms with Crippen molar-refractivity contribution in [3.8, 4) is 0 Å². The standard InChI is InChI=1S/C11H13ClN4O5S/c1-11(5-15-3-2-13-14-15)9(10(18)21-6-12)16-7(17)4-8(16)22(11,19)20/h2-3,8-9H,4-6H2,1H3/t8-,9+,11+/m1/s1. The number of halogens is 1. The molecule has 1 amide bonds. The van der Waals surface area contributed by atoms with E-state index in [1.807, 2.05) is 0 Å². The summed E-state index contributed by atoms with van der Waals surface area (Å²) < 4.78 is 30.1. The molecule has 2 aliphatic heterocycles. The molecule has 3 atom stereocenters. The first-order chi connectivity index (χ1) is 10.3. The van der Waals surface area contributed by atoms with Crippen LogP contribution in [0.2, 0.25) is 0 Å². The van der Waals surface area contributed by atoms with Crippen LogP contribution in [0.15, 0.2) is 12.4 Å². The van der Waals surface area contributed by atoms with Crippen molar-refractivity contribution in [3.63, 3.8) is 0 Å². The Labute approximate surface area is 131 Å². The number of hydrogen-bond acceptors (Lipinski definition) is 7. The van der Waals surface area contributed by atoms with Crippen LogP contribution in [0.3, 0.4) is 0 Å². The van der Waals surface area contributed by atoms with Gasteiger partial charge in [-0.25, -0.2) is 13.2 Å². The molecular formula is C11H13ClN4O5S. The van der Waals surface area contributed by atoms with Gasteiger partial charge in [0.1, 0.15) is 10.1 Å². The molecule has 0 aliphatic carbocycles. The number of carbonyl (C=O) groups excluding carboxylic acids is 2. The summed E-state index contributed by atoms with van der Waals surface area (Å²) >= 11 is 5.40. The Morgan fingerprint density at radius 1 is 1.59 bits per heavy atom. The van der Waals surface area contributed by atoms with Crippen LogP contribution in [0.5, 0.6) is 0 Å². The van der Waals surface area contributed by atoms with Gasteiger partial charge >= 0.3 is 5.97 Å². The number of alkyl halides is 1. The number of rotatable bonds is 4. The highest BCUT2D eigenvalue weighted by molar-refractivity contribution is 7.93. The lowest BCUT2D eigenvalue weighted by molar-refractivity contribution is -0.160. The molecule has 0 spiro atoms. The highest BCUT2D eigenvalue weighted by atomic mass is 35.5. The Balaban J connectivity index is 2.06. The van der Waals surface area contributed by atoms with Crippen LogP contribution in [0.1, 0.15) is 13.3 Å². The second kappa shape index (κ2) is 4.92. The molecule has 0 N–H and O–H groups in total. The number of ether oxygens (including phenoxy) is 1. The van der Waals surface area contributed by atoms with Crippen molar-refractivity contribution in [1.29, 1.82) is 0 Å². The number of fused-ring (bicyclic) bond motifs is 1. The van der Waals surface area contributed by atoms with Crippen molar-refractivity contribution in [3.05, 3.63) is 12.4 Å². The first-order valence-electron chi connectivity index (χ1n) is 6.44. The summed E-state index contributed by atoms with van der Waals surface area (Å²) in [6, 6.07) is -1.66. The maximum atomic E-state index is 12.8. The summed E-state index contributed by atoms with van der Waals surface area (Å²) in [5.41, 5.74) is 0. The van der Waals surface area contributed by atoms with Gasteiger partial charge in [-0.05, 0) is 6.92 Å². The summed E-state index contributed by atoms with van der Waals surface area (Å²) in [6.07, 6.45) is 2.76. The van der Waals surface area contributed by atoms with Gasteiger partial charge in [0.05, 0.1) is 19.2 Å². The third kappa shape index (κ3) is 1.86. The first-order valence-corrected chi connectivity index (χ1v) is 8.52. The zero-order chi connectivity index (χ0) is 16.1. The van der Waals surface area contributed by atoms with E-state index in [9.17, 15) is 18.0 Å². The molecule has 0 aromatic carbocycles. The minimum atomic E-state index is -3.78. The topological polar surface area (TPSA) is 111 Å².